The fourth-order valence-electron chi connectivity index (χ4n) is 3.37. The van der Waals surface area contributed by atoms with Crippen molar-refractivity contribution in [3.63, 3.8) is 0 Å². The largest absolute Gasteiger partial charge is 0.492 e. The Morgan fingerprint density at radius 3 is 2.23 bits per heavy atom. The highest BCUT2D eigenvalue weighted by Gasteiger charge is 2.25. The van der Waals surface area contributed by atoms with Crippen molar-refractivity contribution in [3.05, 3.63) is 84.4 Å². The first-order chi connectivity index (χ1) is 14.8. The maximum absolute atomic E-state index is 5.86. The number of hydrogen-bond acceptors (Lipinski definition) is 6. The van der Waals surface area contributed by atoms with Gasteiger partial charge in [-0.2, -0.15) is 0 Å². The quantitative estimate of drug-likeness (QED) is 0.372. The third-order valence-electron chi connectivity index (χ3n) is 4.94. The van der Waals surface area contributed by atoms with Crippen LogP contribution in [0, 0.1) is 0 Å². The minimum atomic E-state index is 0.203. The molecule has 0 saturated carbocycles. The lowest BCUT2D eigenvalue weighted by atomic mass is 10.0. The predicted molar refractivity (Wildman–Crippen MR) is 118 cm³/mol. The molecule has 1 saturated heterocycles. The van der Waals surface area contributed by atoms with Gasteiger partial charge in [-0.3, -0.25) is 5.43 Å². The molecule has 3 aromatic rings. The van der Waals surface area contributed by atoms with Crippen molar-refractivity contribution in [2.75, 3.05) is 25.6 Å². The molecule has 2 unspecified atom stereocenters. The molecule has 6 nitrogen and oxygen atoms in total. The molecular formula is C24H27N3O3. The van der Waals surface area contributed by atoms with Crippen LogP contribution in [0.1, 0.15) is 18.0 Å². The molecule has 0 radical (unpaired) electrons. The van der Waals surface area contributed by atoms with Gasteiger partial charge in [0.25, 0.3) is 0 Å². The van der Waals surface area contributed by atoms with Gasteiger partial charge in [-0.1, -0.05) is 30.3 Å². The number of benzene rings is 3. The van der Waals surface area contributed by atoms with E-state index in [1.165, 1.54) is 5.56 Å². The Kier molecular flexibility index (Phi) is 6.69. The van der Waals surface area contributed by atoms with Gasteiger partial charge in [-0.05, 0) is 60.5 Å². The Hall–Kier alpha value is -3.22. The zero-order valence-corrected chi connectivity index (χ0v) is 16.8. The molecule has 156 valence electrons. The predicted octanol–water partition coefficient (Wildman–Crippen LogP) is 3.71. The summed E-state index contributed by atoms with van der Waals surface area (Å²) in [6.07, 6.45) is 0.926. The summed E-state index contributed by atoms with van der Waals surface area (Å²) < 4.78 is 17.4. The molecule has 0 amide bonds. The number of hydrogen-bond donors (Lipinski definition) is 3. The van der Waals surface area contributed by atoms with E-state index in [0.29, 0.717) is 19.8 Å². The molecule has 1 aliphatic rings. The summed E-state index contributed by atoms with van der Waals surface area (Å²) in [5, 5.41) is 0. The number of anilines is 1. The fourth-order valence-corrected chi connectivity index (χ4v) is 3.37. The fraction of sp³-hybridized carbons (Fsp3) is 0.250. The minimum absolute atomic E-state index is 0.203. The van der Waals surface area contributed by atoms with Crippen LogP contribution < -0.4 is 30.8 Å². The third-order valence-corrected chi connectivity index (χ3v) is 4.94. The Labute approximate surface area is 176 Å². The highest BCUT2D eigenvalue weighted by Crippen LogP contribution is 2.26. The van der Waals surface area contributed by atoms with Crippen molar-refractivity contribution in [1.82, 2.24) is 10.9 Å². The van der Waals surface area contributed by atoms with Gasteiger partial charge < -0.3 is 19.9 Å². The first kappa shape index (κ1) is 20.1. The zero-order valence-electron chi connectivity index (χ0n) is 16.8. The van der Waals surface area contributed by atoms with Crippen LogP contribution in [0.25, 0.3) is 0 Å². The van der Waals surface area contributed by atoms with Crippen molar-refractivity contribution in [1.29, 1.82) is 0 Å². The van der Waals surface area contributed by atoms with E-state index in [1.807, 2.05) is 66.7 Å². The van der Waals surface area contributed by atoms with Crippen molar-refractivity contribution in [2.24, 2.45) is 0 Å². The number of rotatable bonds is 9. The number of para-hydroxylation sites is 1. The van der Waals surface area contributed by atoms with Gasteiger partial charge in [-0.25, -0.2) is 5.43 Å². The lowest BCUT2D eigenvalue weighted by Gasteiger charge is -2.13. The van der Waals surface area contributed by atoms with Crippen LogP contribution in [0.15, 0.2) is 78.9 Å². The number of nitrogens with two attached hydrogens (primary N) is 1. The topological polar surface area (TPSA) is 77.8 Å². The normalized spacial score (nSPS) is 18.1. The first-order valence-electron chi connectivity index (χ1n) is 10.2. The molecule has 1 heterocycles. The second-order valence-corrected chi connectivity index (χ2v) is 7.24. The van der Waals surface area contributed by atoms with E-state index in [9.17, 15) is 0 Å². The average molecular weight is 405 g/mol. The SMILES string of the molecule is Nc1ccc(OCC2CC(c3cccc(OCCOc4ccccc4)c3)NN2)cc1. The maximum Gasteiger partial charge on any atom is 0.122 e. The molecule has 1 aliphatic heterocycles. The average Bonchev–Trinajstić information content (AvgIpc) is 3.27. The summed E-state index contributed by atoms with van der Waals surface area (Å²) in [7, 11) is 0. The van der Waals surface area contributed by atoms with E-state index >= 15 is 0 Å². The third kappa shape index (κ3) is 5.65. The maximum atomic E-state index is 5.86. The van der Waals surface area contributed by atoms with Gasteiger partial charge in [0.1, 0.15) is 37.1 Å². The number of hydrazine groups is 1. The van der Waals surface area contributed by atoms with E-state index in [-0.39, 0.29) is 12.1 Å². The van der Waals surface area contributed by atoms with Crippen LogP contribution in [0.5, 0.6) is 17.2 Å². The number of nitrogens with one attached hydrogen (secondary N) is 2. The smallest absolute Gasteiger partial charge is 0.122 e. The first-order valence-corrected chi connectivity index (χ1v) is 10.2. The van der Waals surface area contributed by atoms with Gasteiger partial charge in [0.05, 0.1) is 6.04 Å². The summed E-state index contributed by atoms with van der Waals surface area (Å²) >= 11 is 0. The Morgan fingerprint density at radius 2 is 1.43 bits per heavy atom. The molecule has 0 aliphatic carbocycles. The van der Waals surface area contributed by atoms with Crippen LogP contribution in [-0.4, -0.2) is 25.9 Å². The Balaban J connectivity index is 1.23. The van der Waals surface area contributed by atoms with Gasteiger partial charge >= 0.3 is 0 Å². The Morgan fingerprint density at radius 1 is 0.733 bits per heavy atom. The minimum Gasteiger partial charge on any atom is -0.492 e. The summed E-state index contributed by atoms with van der Waals surface area (Å²) in [6.45, 7) is 1.58. The van der Waals surface area contributed by atoms with Gasteiger partial charge in [0.15, 0.2) is 0 Å². The highest BCUT2D eigenvalue weighted by atomic mass is 16.5. The van der Waals surface area contributed by atoms with E-state index in [1.54, 1.807) is 0 Å². The van der Waals surface area contributed by atoms with Gasteiger partial charge in [-0.15, -0.1) is 0 Å². The standard InChI is InChI=1S/C24H27N3O3/c25-19-9-11-22(12-10-19)30-17-20-16-24(27-26-20)18-5-4-8-23(15-18)29-14-13-28-21-6-2-1-3-7-21/h1-12,15,20,24,26-27H,13-14,16-17,25H2. The van der Waals surface area contributed by atoms with E-state index < -0.39 is 0 Å². The molecule has 0 spiro atoms. The summed E-state index contributed by atoms with van der Waals surface area (Å²) in [5.41, 5.74) is 14.3. The van der Waals surface area contributed by atoms with Gasteiger partial charge in [0.2, 0.25) is 0 Å². The van der Waals surface area contributed by atoms with Crippen LogP contribution in [0.4, 0.5) is 5.69 Å². The molecule has 4 N–H and O–H groups in total. The number of nitrogen functional groups attached to an aromatic ring is 1. The molecule has 3 aromatic carbocycles. The van der Waals surface area contributed by atoms with Crippen LogP contribution in [-0.2, 0) is 0 Å². The summed E-state index contributed by atoms with van der Waals surface area (Å²) in [6, 6.07) is 25.8. The summed E-state index contributed by atoms with van der Waals surface area (Å²) in [5.74, 6) is 2.51. The van der Waals surface area contributed by atoms with Crippen LogP contribution in [0.3, 0.4) is 0 Å². The van der Waals surface area contributed by atoms with Crippen molar-refractivity contribution < 1.29 is 14.2 Å². The Bertz CT molecular complexity index is 918. The highest BCUT2D eigenvalue weighted by molar-refractivity contribution is 5.41. The second kappa shape index (κ2) is 10.0. The van der Waals surface area contributed by atoms with Crippen molar-refractivity contribution >= 4 is 5.69 Å². The van der Waals surface area contributed by atoms with Crippen LogP contribution >= 0.6 is 0 Å². The van der Waals surface area contributed by atoms with E-state index in [4.69, 9.17) is 19.9 Å². The molecular weight excluding hydrogens is 378 g/mol. The van der Waals surface area contributed by atoms with Crippen molar-refractivity contribution in [2.45, 2.75) is 18.5 Å². The monoisotopic (exact) mass is 405 g/mol. The molecule has 6 heteroatoms. The molecule has 2 atom stereocenters. The van der Waals surface area contributed by atoms with E-state index in [0.717, 1.165) is 29.4 Å². The molecule has 30 heavy (non-hydrogen) atoms. The molecule has 0 bridgehead atoms. The summed E-state index contributed by atoms with van der Waals surface area (Å²) in [4.78, 5) is 0. The van der Waals surface area contributed by atoms with E-state index in [2.05, 4.69) is 23.0 Å². The lowest BCUT2D eigenvalue weighted by Crippen LogP contribution is -2.34. The molecule has 1 fully saturated rings. The molecule has 0 aromatic heterocycles. The number of ether oxygens (including phenoxy) is 3. The zero-order chi connectivity index (χ0) is 20.6. The van der Waals surface area contributed by atoms with Crippen molar-refractivity contribution in [3.8, 4) is 17.2 Å². The lowest BCUT2D eigenvalue weighted by molar-refractivity contribution is 0.217. The van der Waals surface area contributed by atoms with Crippen LogP contribution in [0.2, 0.25) is 0 Å². The van der Waals surface area contributed by atoms with Gasteiger partial charge in [0, 0.05) is 11.7 Å². The molecule has 4 rings (SSSR count). The second-order valence-electron chi connectivity index (χ2n) is 7.24.